The van der Waals surface area contributed by atoms with Gasteiger partial charge in [-0.05, 0) is 37.3 Å². The molecule has 12 heteroatoms. The Hall–Kier alpha value is -3.51. The highest BCUT2D eigenvalue weighted by Gasteiger charge is 2.32. The summed E-state index contributed by atoms with van der Waals surface area (Å²) < 4.78 is 0. The molecule has 0 saturated carbocycles. The molecule has 0 fully saturated rings. The summed E-state index contributed by atoms with van der Waals surface area (Å²) in [7, 11) is 0. The largest absolute Gasteiger partial charge is 0.481 e. The first-order valence-corrected chi connectivity index (χ1v) is 12.3. The molecule has 0 aliphatic heterocycles. The summed E-state index contributed by atoms with van der Waals surface area (Å²) >= 11 is 0. The maximum Gasteiger partial charge on any atom is 0.326 e. The number of rotatable bonds is 17. The van der Waals surface area contributed by atoms with Gasteiger partial charge in [-0.25, -0.2) is 4.79 Å². The van der Waals surface area contributed by atoms with Crippen molar-refractivity contribution in [3.63, 3.8) is 0 Å². The van der Waals surface area contributed by atoms with E-state index < -0.39 is 60.2 Å². The second kappa shape index (κ2) is 16.3. The Labute approximate surface area is 216 Å². The fourth-order valence-corrected chi connectivity index (χ4v) is 3.52. The lowest BCUT2D eigenvalue weighted by atomic mass is 9.98. The second-order valence-electron chi connectivity index (χ2n) is 9.01. The zero-order valence-electron chi connectivity index (χ0n) is 21.3. The molecule has 0 aliphatic rings. The van der Waals surface area contributed by atoms with E-state index in [0.717, 1.165) is 0 Å². The lowest BCUT2D eigenvalue weighted by Crippen LogP contribution is -2.58. The van der Waals surface area contributed by atoms with Gasteiger partial charge in [0.05, 0.1) is 12.5 Å². The molecule has 5 unspecified atom stereocenters. The number of aliphatic carboxylic acids is 2. The first-order chi connectivity index (χ1) is 17.5. The quantitative estimate of drug-likeness (QED) is 0.134. The molecule has 1 aromatic carbocycles. The van der Waals surface area contributed by atoms with Gasteiger partial charge < -0.3 is 37.6 Å². The molecule has 5 atom stereocenters. The Morgan fingerprint density at radius 2 is 1.43 bits per heavy atom. The Morgan fingerprint density at radius 1 is 0.865 bits per heavy atom. The average Bonchev–Trinajstić information content (AvgIpc) is 2.86. The molecule has 206 valence electrons. The van der Waals surface area contributed by atoms with E-state index in [1.807, 2.05) is 6.92 Å². The lowest BCUT2D eigenvalue weighted by molar-refractivity contribution is -0.143. The molecule has 3 amide bonds. The van der Waals surface area contributed by atoms with Crippen molar-refractivity contribution in [1.29, 1.82) is 0 Å². The molecular weight excluding hydrogens is 482 g/mol. The summed E-state index contributed by atoms with van der Waals surface area (Å²) in [5.74, 6) is -5.15. The zero-order valence-corrected chi connectivity index (χ0v) is 21.3. The third kappa shape index (κ3) is 11.4. The summed E-state index contributed by atoms with van der Waals surface area (Å²) in [5, 5.41) is 26.0. The van der Waals surface area contributed by atoms with Crippen molar-refractivity contribution in [3.8, 4) is 0 Å². The summed E-state index contributed by atoms with van der Waals surface area (Å²) in [6.07, 6.45) is 0.988. The summed E-state index contributed by atoms with van der Waals surface area (Å²) in [4.78, 5) is 61.7. The third-order valence-corrected chi connectivity index (χ3v) is 6.05. The Morgan fingerprint density at radius 3 is 1.97 bits per heavy atom. The number of carboxylic acids is 2. The van der Waals surface area contributed by atoms with Crippen molar-refractivity contribution < 1.29 is 34.2 Å². The van der Waals surface area contributed by atoms with Crippen molar-refractivity contribution in [3.05, 3.63) is 35.9 Å². The van der Waals surface area contributed by atoms with E-state index in [1.54, 1.807) is 37.3 Å². The normalized spacial score (nSPS) is 14.9. The molecule has 0 saturated heterocycles. The van der Waals surface area contributed by atoms with Gasteiger partial charge >= 0.3 is 11.9 Å². The van der Waals surface area contributed by atoms with Crippen LogP contribution in [0.15, 0.2) is 30.3 Å². The summed E-state index contributed by atoms with van der Waals surface area (Å²) in [6.45, 7) is 4.03. The summed E-state index contributed by atoms with van der Waals surface area (Å²) in [5.41, 5.74) is 12.2. The van der Waals surface area contributed by atoms with Gasteiger partial charge in [0, 0.05) is 6.42 Å². The summed E-state index contributed by atoms with van der Waals surface area (Å²) in [6, 6.07) is 3.93. The number of hydrogen-bond donors (Lipinski definition) is 7. The molecule has 0 aromatic heterocycles. The van der Waals surface area contributed by atoms with Crippen LogP contribution in [0.5, 0.6) is 0 Å². The average molecular weight is 522 g/mol. The number of nitrogens with two attached hydrogens (primary N) is 2. The monoisotopic (exact) mass is 521 g/mol. The fraction of sp³-hybridized carbons (Fsp3) is 0.560. The highest BCUT2D eigenvalue weighted by Crippen LogP contribution is 2.09. The van der Waals surface area contributed by atoms with Gasteiger partial charge in [-0.1, -0.05) is 50.6 Å². The van der Waals surface area contributed by atoms with Gasteiger partial charge in [0.2, 0.25) is 17.7 Å². The number of carbonyl (C=O) groups excluding carboxylic acids is 3. The van der Waals surface area contributed by atoms with Crippen LogP contribution in [0.3, 0.4) is 0 Å². The first-order valence-electron chi connectivity index (χ1n) is 12.3. The molecule has 0 spiro atoms. The van der Waals surface area contributed by atoms with Gasteiger partial charge in [-0.3, -0.25) is 19.2 Å². The van der Waals surface area contributed by atoms with Crippen LogP contribution >= 0.6 is 0 Å². The van der Waals surface area contributed by atoms with Gasteiger partial charge in [-0.2, -0.15) is 0 Å². The number of unbranched alkanes of at least 4 members (excludes halogenated alkanes) is 1. The predicted molar refractivity (Wildman–Crippen MR) is 136 cm³/mol. The molecule has 9 N–H and O–H groups in total. The predicted octanol–water partition coefficient (Wildman–Crippen LogP) is -0.255. The van der Waals surface area contributed by atoms with E-state index in [1.165, 1.54) is 0 Å². The molecular formula is C25H39N5O7. The van der Waals surface area contributed by atoms with Crippen LogP contribution in [-0.2, 0) is 30.4 Å². The van der Waals surface area contributed by atoms with Crippen LogP contribution < -0.4 is 27.4 Å². The lowest BCUT2D eigenvalue weighted by Gasteiger charge is -2.25. The van der Waals surface area contributed by atoms with E-state index in [-0.39, 0.29) is 18.8 Å². The molecule has 1 aromatic rings. The first kappa shape index (κ1) is 31.5. The van der Waals surface area contributed by atoms with Crippen LogP contribution in [0, 0.1) is 5.92 Å². The number of hydrogen-bond acceptors (Lipinski definition) is 7. The van der Waals surface area contributed by atoms with E-state index in [4.69, 9.17) is 11.5 Å². The SMILES string of the molecule is CCC(C)C(N)C(=O)NC(Cc1ccccc1)C(=O)NC(CC(=O)O)C(=O)NC(CCCCN)C(=O)O. The zero-order chi connectivity index (χ0) is 28.0. The smallest absolute Gasteiger partial charge is 0.326 e. The van der Waals surface area contributed by atoms with Gasteiger partial charge in [0.25, 0.3) is 0 Å². The van der Waals surface area contributed by atoms with Crippen molar-refractivity contribution in [2.24, 2.45) is 17.4 Å². The van der Waals surface area contributed by atoms with Crippen molar-refractivity contribution in [1.82, 2.24) is 16.0 Å². The minimum atomic E-state index is -1.57. The van der Waals surface area contributed by atoms with Crippen LogP contribution in [0.1, 0.15) is 51.5 Å². The highest BCUT2D eigenvalue weighted by molar-refractivity contribution is 5.95. The minimum absolute atomic E-state index is 0.0594. The molecule has 12 nitrogen and oxygen atoms in total. The van der Waals surface area contributed by atoms with Crippen LogP contribution in [0.4, 0.5) is 0 Å². The van der Waals surface area contributed by atoms with Gasteiger partial charge in [0.15, 0.2) is 0 Å². The molecule has 0 bridgehead atoms. The standard InChI is InChI=1S/C25H39N5O7/c1-3-15(2)21(27)24(35)30-18(13-16-9-5-4-6-10-16)22(33)29-19(14-20(31)32)23(34)28-17(25(36)37)11-7-8-12-26/h4-6,9-10,15,17-19,21H,3,7-8,11-14,26-27H2,1-2H3,(H,28,34)(H,29,33)(H,30,35)(H,31,32)(H,36,37). The van der Waals surface area contributed by atoms with Gasteiger partial charge in [-0.15, -0.1) is 0 Å². The van der Waals surface area contributed by atoms with E-state index in [0.29, 0.717) is 31.4 Å². The number of carboxylic acid groups (broad SMARTS) is 2. The van der Waals surface area contributed by atoms with Crippen molar-refractivity contribution in [2.45, 2.75) is 76.5 Å². The molecule has 1 rings (SSSR count). The number of amides is 3. The van der Waals surface area contributed by atoms with Crippen molar-refractivity contribution >= 4 is 29.7 Å². The maximum atomic E-state index is 13.2. The minimum Gasteiger partial charge on any atom is -0.481 e. The molecule has 0 aliphatic carbocycles. The van der Waals surface area contributed by atoms with E-state index >= 15 is 0 Å². The fourth-order valence-electron chi connectivity index (χ4n) is 3.52. The number of nitrogens with one attached hydrogen (secondary N) is 3. The maximum absolute atomic E-state index is 13.2. The van der Waals surface area contributed by atoms with Crippen LogP contribution in [0.25, 0.3) is 0 Å². The van der Waals surface area contributed by atoms with Gasteiger partial charge in [0.1, 0.15) is 18.1 Å². The highest BCUT2D eigenvalue weighted by atomic mass is 16.4. The van der Waals surface area contributed by atoms with Crippen LogP contribution in [0.2, 0.25) is 0 Å². The van der Waals surface area contributed by atoms with Crippen molar-refractivity contribution in [2.75, 3.05) is 6.54 Å². The second-order valence-corrected chi connectivity index (χ2v) is 9.01. The van der Waals surface area contributed by atoms with Crippen LogP contribution in [-0.4, -0.2) is 70.6 Å². The topological polar surface area (TPSA) is 214 Å². The number of benzene rings is 1. The molecule has 37 heavy (non-hydrogen) atoms. The molecule has 0 heterocycles. The third-order valence-electron chi connectivity index (χ3n) is 6.05. The number of carbonyl (C=O) groups is 5. The Bertz CT molecular complexity index is 912. The molecule has 0 radical (unpaired) electrons. The van der Waals surface area contributed by atoms with E-state index in [2.05, 4.69) is 16.0 Å². The Kier molecular flexibility index (Phi) is 13.9. The van der Waals surface area contributed by atoms with E-state index in [9.17, 15) is 34.2 Å². The Balaban J connectivity index is 3.09.